The molecule has 3 rings (SSSR count). The highest BCUT2D eigenvalue weighted by atomic mass is 16.5. The van der Waals surface area contributed by atoms with Crippen LogP contribution in [0.4, 0.5) is 0 Å². The van der Waals surface area contributed by atoms with Gasteiger partial charge >= 0.3 is 0 Å². The molecule has 1 aromatic carbocycles. The summed E-state index contributed by atoms with van der Waals surface area (Å²) in [6, 6.07) is 12.4. The Hall–Kier alpha value is -2.42. The molecule has 0 saturated carbocycles. The molecule has 1 fully saturated rings. The number of benzene rings is 1. The number of hydrogen-bond acceptors (Lipinski definition) is 5. The zero-order chi connectivity index (χ0) is 18.5. The van der Waals surface area contributed by atoms with Crippen molar-refractivity contribution in [2.45, 2.75) is 19.0 Å². The first kappa shape index (κ1) is 18.4. The first-order valence-electron chi connectivity index (χ1n) is 8.98. The Labute approximate surface area is 155 Å². The fraction of sp³-hybridized carbons (Fsp3) is 0.429. The van der Waals surface area contributed by atoms with Gasteiger partial charge in [-0.1, -0.05) is 12.1 Å². The quantitative estimate of drug-likeness (QED) is 0.801. The second kappa shape index (κ2) is 8.31. The van der Waals surface area contributed by atoms with E-state index in [2.05, 4.69) is 41.0 Å². The molecular weight excluding hydrogens is 324 g/mol. The van der Waals surface area contributed by atoms with Gasteiger partial charge in [0.15, 0.2) is 0 Å². The number of ether oxygens (including phenoxy) is 1. The lowest BCUT2D eigenvalue weighted by Gasteiger charge is -2.29. The van der Waals surface area contributed by atoms with Gasteiger partial charge in [0, 0.05) is 37.1 Å². The summed E-state index contributed by atoms with van der Waals surface area (Å²) in [6.45, 7) is 2.92. The summed E-state index contributed by atoms with van der Waals surface area (Å²) in [5.41, 5.74) is 3.03. The minimum Gasteiger partial charge on any atom is -0.496 e. The maximum absolute atomic E-state index is 9.06. The third kappa shape index (κ3) is 4.04. The summed E-state index contributed by atoms with van der Waals surface area (Å²) >= 11 is 0. The second-order valence-corrected chi connectivity index (χ2v) is 7.10. The lowest BCUT2D eigenvalue weighted by Crippen LogP contribution is -2.30. The molecule has 2 atom stereocenters. The van der Waals surface area contributed by atoms with Gasteiger partial charge in [0.1, 0.15) is 5.75 Å². The molecule has 2 heterocycles. The lowest BCUT2D eigenvalue weighted by atomic mass is 9.94. The zero-order valence-electron chi connectivity index (χ0n) is 15.7. The molecule has 0 aliphatic carbocycles. The summed E-state index contributed by atoms with van der Waals surface area (Å²) in [4.78, 5) is 9.07. The molecule has 26 heavy (non-hydrogen) atoms. The fourth-order valence-corrected chi connectivity index (χ4v) is 4.00. The molecule has 1 saturated heterocycles. The number of methoxy groups -OCH3 is 1. The largest absolute Gasteiger partial charge is 0.496 e. The van der Waals surface area contributed by atoms with Crippen molar-refractivity contribution in [2.24, 2.45) is 5.92 Å². The van der Waals surface area contributed by atoms with Crippen LogP contribution in [0, 0.1) is 17.2 Å². The van der Waals surface area contributed by atoms with E-state index < -0.39 is 0 Å². The molecule has 1 aliphatic heterocycles. The standard InChI is InChI=1S/C21H26N4O/c1-24(14-18-7-6-16(12-22)11-20(18)26-3)15-19-8-10-25(2)21(19)17-5-4-9-23-13-17/h4-7,9,11,13,19,21H,8,10,14-15H2,1-3H3/t19-,21-/m0/s1. The van der Waals surface area contributed by atoms with Gasteiger partial charge in [-0.25, -0.2) is 0 Å². The van der Waals surface area contributed by atoms with Crippen LogP contribution in [0.25, 0.3) is 0 Å². The number of likely N-dealkylation sites (tertiary alicyclic amines) is 1. The first-order chi connectivity index (χ1) is 12.6. The topological polar surface area (TPSA) is 52.4 Å². The summed E-state index contributed by atoms with van der Waals surface area (Å²) in [7, 11) is 6.00. The number of hydrogen-bond donors (Lipinski definition) is 0. The fourth-order valence-electron chi connectivity index (χ4n) is 4.00. The SMILES string of the molecule is COc1cc(C#N)ccc1CN(C)C[C@@H]1CCN(C)[C@H]1c1cccnc1. The van der Waals surface area contributed by atoms with Crippen molar-refractivity contribution < 1.29 is 4.74 Å². The van der Waals surface area contributed by atoms with Gasteiger partial charge in [-0.2, -0.15) is 5.26 Å². The van der Waals surface area contributed by atoms with Crippen LogP contribution in [0.5, 0.6) is 5.75 Å². The average molecular weight is 350 g/mol. The normalized spacial score (nSPS) is 20.3. The van der Waals surface area contributed by atoms with Crippen molar-refractivity contribution in [3.63, 3.8) is 0 Å². The van der Waals surface area contributed by atoms with E-state index in [4.69, 9.17) is 10.00 Å². The van der Waals surface area contributed by atoms with Gasteiger partial charge in [-0.05, 0) is 56.7 Å². The molecule has 0 N–H and O–H groups in total. The van der Waals surface area contributed by atoms with Crippen LogP contribution < -0.4 is 4.74 Å². The van der Waals surface area contributed by atoms with Crippen LogP contribution in [0.3, 0.4) is 0 Å². The van der Waals surface area contributed by atoms with Crippen LogP contribution in [0.1, 0.15) is 29.2 Å². The van der Waals surface area contributed by atoms with E-state index >= 15 is 0 Å². The van der Waals surface area contributed by atoms with Crippen molar-refractivity contribution in [2.75, 3.05) is 34.3 Å². The van der Waals surface area contributed by atoms with E-state index in [9.17, 15) is 0 Å². The Morgan fingerprint density at radius 2 is 2.23 bits per heavy atom. The maximum atomic E-state index is 9.06. The molecule has 0 radical (unpaired) electrons. The van der Waals surface area contributed by atoms with Crippen LogP contribution >= 0.6 is 0 Å². The van der Waals surface area contributed by atoms with E-state index in [1.54, 1.807) is 7.11 Å². The van der Waals surface area contributed by atoms with Crippen molar-refractivity contribution in [1.29, 1.82) is 5.26 Å². The van der Waals surface area contributed by atoms with Crippen molar-refractivity contribution in [3.8, 4) is 11.8 Å². The van der Waals surface area contributed by atoms with E-state index in [0.29, 0.717) is 17.5 Å². The molecule has 0 unspecified atom stereocenters. The number of pyridine rings is 1. The predicted octanol–water partition coefficient (Wildman–Crippen LogP) is 3.09. The number of aromatic nitrogens is 1. The maximum Gasteiger partial charge on any atom is 0.124 e. The van der Waals surface area contributed by atoms with Gasteiger partial charge < -0.3 is 9.64 Å². The Bertz CT molecular complexity index is 771. The number of rotatable bonds is 6. The highest BCUT2D eigenvalue weighted by Gasteiger charge is 2.33. The molecule has 0 amide bonds. The summed E-state index contributed by atoms with van der Waals surface area (Å²) < 4.78 is 5.47. The van der Waals surface area contributed by atoms with Crippen LogP contribution in [0.2, 0.25) is 0 Å². The Kier molecular flexibility index (Phi) is 5.87. The Morgan fingerprint density at radius 3 is 2.92 bits per heavy atom. The number of nitrogens with zero attached hydrogens (tertiary/aromatic N) is 4. The van der Waals surface area contributed by atoms with Gasteiger partial charge in [0.25, 0.3) is 0 Å². The van der Waals surface area contributed by atoms with E-state index in [-0.39, 0.29) is 0 Å². The van der Waals surface area contributed by atoms with Crippen molar-refractivity contribution >= 4 is 0 Å². The molecule has 136 valence electrons. The first-order valence-corrected chi connectivity index (χ1v) is 8.98. The van der Waals surface area contributed by atoms with Crippen molar-refractivity contribution in [3.05, 3.63) is 59.4 Å². The van der Waals surface area contributed by atoms with E-state index in [0.717, 1.165) is 30.9 Å². The van der Waals surface area contributed by atoms with E-state index in [1.807, 2.05) is 36.7 Å². The summed E-state index contributed by atoms with van der Waals surface area (Å²) in [5.74, 6) is 1.35. The van der Waals surface area contributed by atoms with Crippen LogP contribution in [0.15, 0.2) is 42.7 Å². The highest BCUT2D eigenvalue weighted by molar-refractivity contribution is 5.42. The molecule has 1 aliphatic rings. The highest BCUT2D eigenvalue weighted by Crippen LogP contribution is 2.36. The van der Waals surface area contributed by atoms with Crippen LogP contribution in [-0.2, 0) is 6.54 Å². The third-order valence-electron chi connectivity index (χ3n) is 5.20. The van der Waals surface area contributed by atoms with Gasteiger partial charge in [0.2, 0.25) is 0 Å². The second-order valence-electron chi connectivity index (χ2n) is 7.10. The predicted molar refractivity (Wildman–Crippen MR) is 102 cm³/mol. The average Bonchev–Trinajstić information content (AvgIpc) is 3.02. The Morgan fingerprint density at radius 1 is 1.38 bits per heavy atom. The smallest absolute Gasteiger partial charge is 0.124 e. The minimum atomic E-state index is 0.411. The molecule has 2 aromatic rings. The Balaban J connectivity index is 1.70. The van der Waals surface area contributed by atoms with Gasteiger partial charge in [-0.3, -0.25) is 9.88 Å². The van der Waals surface area contributed by atoms with Gasteiger partial charge in [-0.15, -0.1) is 0 Å². The summed E-state index contributed by atoms with van der Waals surface area (Å²) in [6.07, 6.45) is 5.00. The molecule has 0 bridgehead atoms. The van der Waals surface area contributed by atoms with Gasteiger partial charge in [0.05, 0.1) is 18.7 Å². The lowest BCUT2D eigenvalue weighted by molar-refractivity contribution is 0.212. The molecule has 1 aromatic heterocycles. The zero-order valence-corrected chi connectivity index (χ0v) is 15.7. The molecule has 0 spiro atoms. The third-order valence-corrected chi connectivity index (χ3v) is 5.20. The molecular formula is C21H26N4O. The minimum absolute atomic E-state index is 0.411. The number of nitriles is 1. The summed E-state index contributed by atoms with van der Waals surface area (Å²) in [5, 5.41) is 9.06. The molecule has 5 heteroatoms. The van der Waals surface area contributed by atoms with Crippen LogP contribution in [-0.4, -0.2) is 49.1 Å². The molecule has 5 nitrogen and oxygen atoms in total. The van der Waals surface area contributed by atoms with Crippen molar-refractivity contribution in [1.82, 2.24) is 14.8 Å². The van der Waals surface area contributed by atoms with E-state index in [1.165, 1.54) is 12.0 Å². The monoisotopic (exact) mass is 350 g/mol.